The zero-order valence-corrected chi connectivity index (χ0v) is 5.80. The SMILES string of the molecule is [NH]S(=O)(=O)CCCCl. The largest absolute Gasteiger partial charge is 0.225 e. The number of alkyl halides is 1. The van der Waals surface area contributed by atoms with Gasteiger partial charge in [-0.15, -0.1) is 16.7 Å². The van der Waals surface area contributed by atoms with Gasteiger partial charge in [-0.2, -0.15) is 0 Å². The number of hydrogen-bond donors (Lipinski definition) is 0. The highest BCUT2D eigenvalue weighted by Gasteiger charge is 2.00. The van der Waals surface area contributed by atoms with Crippen LogP contribution in [0.5, 0.6) is 0 Å². The molecule has 0 aliphatic rings. The first-order valence-electron chi connectivity index (χ1n) is 2.09. The minimum Gasteiger partial charge on any atom is -0.211 e. The number of halogens is 1. The second-order valence-corrected chi connectivity index (χ2v) is 3.38. The summed E-state index contributed by atoms with van der Waals surface area (Å²) in [6.45, 7) is 0. The number of hydrogen-bond acceptors (Lipinski definition) is 2. The Kier molecular flexibility index (Phi) is 3.35. The summed E-state index contributed by atoms with van der Waals surface area (Å²) in [6.07, 6.45) is 0.368. The summed E-state index contributed by atoms with van der Waals surface area (Å²) in [4.78, 5) is 0. The molecule has 0 aromatic rings. The molecule has 0 bridgehead atoms. The van der Waals surface area contributed by atoms with Gasteiger partial charge in [0.05, 0.1) is 5.75 Å². The van der Waals surface area contributed by atoms with Gasteiger partial charge in [-0.1, -0.05) is 0 Å². The van der Waals surface area contributed by atoms with Gasteiger partial charge < -0.3 is 0 Å². The Morgan fingerprint density at radius 1 is 1.50 bits per heavy atom. The van der Waals surface area contributed by atoms with Gasteiger partial charge in [0.1, 0.15) is 0 Å². The number of sulfonamides is 1. The van der Waals surface area contributed by atoms with Gasteiger partial charge >= 0.3 is 0 Å². The van der Waals surface area contributed by atoms with Crippen LogP contribution in [0.15, 0.2) is 0 Å². The van der Waals surface area contributed by atoms with E-state index in [9.17, 15) is 8.42 Å². The van der Waals surface area contributed by atoms with Crippen LogP contribution in [0.3, 0.4) is 0 Å². The van der Waals surface area contributed by atoms with E-state index in [1.54, 1.807) is 0 Å². The standard InChI is InChI=1S/C3H7ClNO2S/c4-2-1-3-8(5,6)7/h5H,1-3H2. The Hall–Kier alpha value is 0.200. The van der Waals surface area contributed by atoms with Crippen molar-refractivity contribution in [1.82, 2.24) is 5.14 Å². The van der Waals surface area contributed by atoms with E-state index in [1.165, 1.54) is 0 Å². The predicted octanol–water partition coefficient (Wildman–Crippen LogP) is 0.228. The molecule has 0 spiro atoms. The molecule has 0 unspecified atom stereocenters. The molecule has 8 heavy (non-hydrogen) atoms. The van der Waals surface area contributed by atoms with Gasteiger partial charge in [0, 0.05) is 5.88 Å². The van der Waals surface area contributed by atoms with Crippen LogP contribution in [-0.4, -0.2) is 20.1 Å². The minimum atomic E-state index is -3.52. The van der Waals surface area contributed by atoms with Crippen LogP contribution in [0.2, 0.25) is 0 Å². The summed E-state index contributed by atoms with van der Waals surface area (Å²) in [7, 11) is -3.52. The molecular formula is C3H7ClNO2S. The minimum absolute atomic E-state index is 0.128. The van der Waals surface area contributed by atoms with E-state index in [4.69, 9.17) is 16.7 Å². The number of nitrogens with one attached hydrogen (secondary N) is 1. The third-order valence-corrected chi connectivity index (χ3v) is 1.64. The van der Waals surface area contributed by atoms with E-state index < -0.39 is 10.0 Å². The Morgan fingerprint density at radius 2 is 2.00 bits per heavy atom. The molecule has 3 nitrogen and oxygen atoms in total. The van der Waals surface area contributed by atoms with Gasteiger partial charge in [0.25, 0.3) is 0 Å². The maximum atomic E-state index is 10.00. The lowest BCUT2D eigenvalue weighted by Crippen LogP contribution is -2.05. The van der Waals surface area contributed by atoms with Crippen LogP contribution in [0.1, 0.15) is 6.42 Å². The van der Waals surface area contributed by atoms with Crippen molar-refractivity contribution in [2.45, 2.75) is 6.42 Å². The first-order valence-corrected chi connectivity index (χ1v) is 4.28. The quantitative estimate of drug-likeness (QED) is 0.550. The molecule has 1 radical (unpaired) electrons. The van der Waals surface area contributed by atoms with Crippen molar-refractivity contribution in [2.24, 2.45) is 0 Å². The molecule has 5 heteroatoms. The lowest BCUT2D eigenvalue weighted by Gasteiger charge is -1.89. The first kappa shape index (κ1) is 8.20. The molecule has 49 valence electrons. The highest BCUT2D eigenvalue weighted by atomic mass is 35.5. The van der Waals surface area contributed by atoms with Crippen LogP contribution in [0.4, 0.5) is 0 Å². The summed E-state index contributed by atoms with van der Waals surface area (Å²) in [5, 5.41) is 6.35. The van der Waals surface area contributed by atoms with E-state index in [0.29, 0.717) is 12.3 Å². The normalized spacial score (nSPS) is 11.8. The monoisotopic (exact) mass is 156 g/mol. The second kappa shape index (κ2) is 3.27. The van der Waals surface area contributed by atoms with Gasteiger partial charge in [-0.25, -0.2) is 8.42 Å². The van der Waals surface area contributed by atoms with Gasteiger partial charge in [0.15, 0.2) is 0 Å². The Bertz CT molecular complexity index is 141. The third kappa shape index (κ3) is 6.20. The Labute approximate surface area is 53.9 Å². The van der Waals surface area contributed by atoms with E-state index in [-0.39, 0.29) is 5.75 Å². The smallest absolute Gasteiger partial charge is 0.211 e. The van der Waals surface area contributed by atoms with E-state index >= 15 is 0 Å². The molecule has 0 aliphatic carbocycles. The van der Waals surface area contributed by atoms with Crippen molar-refractivity contribution >= 4 is 21.6 Å². The van der Waals surface area contributed by atoms with Gasteiger partial charge in [-0.3, -0.25) is 0 Å². The third-order valence-electron chi connectivity index (χ3n) is 0.547. The molecule has 0 saturated heterocycles. The van der Waals surface area contributed by atoms with Crippen molar-refractivity contribution in [2.75, 3.05) is 11.6 Å². The van der Waals surface area contributed by atoms with Gasteiger partial charge in [-0.05, 0) is 6.42 Å². The molecule has 0 atom stereocenters. The Balaban J connectivity index is 3.42. The van der Waals surface area contributed by atoms with Crippen molar-refractivity contribution in [3.63, 3.8) is 0 Å². The second-order valence-electron chi connectivity index (χ2n) is 1.36. The van der Waals surface area contributed by atoms with Crippen LogP contribution < -0.4 is 5.14 Å². The van der Waals surface area contributed by atoms with Crippen LogP contribution in [-0.2, 0) is 10.0 Å². The fraction of sp³-hybridized carbons (Fsp3) is 1.00. The van der Waals surface area contributed by atoms with Crippen LogP contribution >= 0.6 is 11.6 Å². The van der Waals surface area contributed by atoms with Crippen molar-refractivity contribution in [3.05, 3.63) is 0 Å². The molecule has 0 rings (SSSR count). The van der Waals surface area contributed by atoms with Crippen molar-refractivity contribution in [3.8, 4) is 0 Å². The molecular weight excluding hydrogens is 150 g/mol. The summed E-state index contributed by atoms with van der Waals surface area (Å²) in [6, 6.07) is 0. The fourth-order valence-corrected chi connectivity index (χ4v) is 1.06. The van der Waals surface area contributed by atoms with E-state index in [1.807, 2.05) is 0 Å². The van der Waals surface area contributed by atoms with E-state index in [2.05, 4.69) is 0 Å². The number of rotatable bonds is 3. The Morgan fingerprint density at radius 3 is 2.12 bits per heavy atom. The van der Waals surface area contributed by atoms with E-state index in [0.717, 1.165) is 0 Å². The average molecular weight is 157 g/mol. The molecule has 0 heterocycles. The maximum Gasteiger partial charge on any atom is 0.225 e. The highest BCUT2D eigenvalue weighted by Crippen LogP contribution is 1.88. The fourth-order valence-electron chi connectivity index (χ4n) is 0.245. The van der Waals surface area contributed by atoms with Crippen molar-refractivity contribution < 1.29 is 8.42 Å². The summed E-state index contributed by atoms with van der Waals surface area (Å²) in [5.74, 6) is 0.175. The lowest BCUT2D eigenvalue weighted by molar-refractivity contribution is 0.595. The van der Waals surface area contributed by atoms with Crippen molar-refractivity contribution in [1.29, 1.82) is 0 Å². The molecule has 0 fully saturated rings. The highest BCUT2D eigenvalue weighted by molar-refractivity contribution is 7.88. The molecule has 1 N–H and O–H groups in total. The summed E-state index contributed by atoms with van der Waals surface area (Å²) in [5.41, 5.74) is 0. The maximum absolute atomic E-state index is 10.00. The average Bonchev–Trinajstić information content (AvgIpc) is 1.59. The lowest BCUT2D eigenvalue weighted by atomic mass is 10.6. The molecule has 0 aliphatic heterocycles. The first-order chi connectivity index (χ1) is 3.56. The van der Waals surface area contributed by atoms with Crippen LogP contribution in [0.25, 0.3) is 0 Å². The summed E-state index contributed by atoms with van der Waals surface area (Å²) >= 11 is 5.16. The zero-order chi connectivity index (χ0) is 6.62. The molecule has 0 amide bonds. The van der Waals surface area contributed by atoms with Gasteiger partial charge in [0.2, 0.25) is 10.0 Å². The van der Waals surface area contributed by atoms with Crippen LogP contribution in [0, 0.1) is 0 Å². The molecule has 0 aromatic carbocycles. The predicted molar refractivity (Wildman–Crippen MR) is 32.2 cm³/mol. The molecule has 0 aromatic heterocycles. The molecule has 0 saturated carbocycles. The summed E-state index contributed by atoms with van der Waals surface area (Å²) < 4.78 is 20.0. The topological polar surface area (TPSA) is 57.9 Å². The zero-order valence-electron chi connectivity index (χ0n) is 4.22.